The summed E-state index contributed by atoms with van der Waals surface area (Å²) in [5.74, 6) is 1.03. The Morgan fingerprint density at radius 1 is 1.32 bits per heavy atom. The fourth-order valence-electron chi connectivity index (χ4n) is 2.63. The Balaban J connectivity index is 1.73. The molecular formula is C17H25NO4. The number of carbonyl (C=O) groups is 1. The molecule has 2 rings (SSSR count). The highest BCUT2D eigenvalue weighted by atomic mass is 16.5. The molecule has 1 fully saturated rings. The molecule has 22 heavy (non-hydrogen) atoms. The number of benzene rings is 1. The van der Waals surface area contributed by atoms with Gasteiger partial charge in [0.15, 0.2) is 0 Å². The summed E-state index contributed by atoms with van der Waals surface area (Å²) in [6.45, 7) is 2.67. The molecule has 0 aromatic heterocycles. The second-order valence-electron chi connectivity index (χ2n) is 5.47. The van der Waals surface area contributed by atoms with Gasteiger partial charge < -0.3 is 19.1 Å². The highest BCUT2D eigenvalue weighted by Gasteiger charge is 2.26. The van der Waals surface area contributed by atoms with Gasteiger partial charge in [-0.05, 0) is 30.5 Å². The van der Waals surface area contributed by atoms with Crippen molar-refractivity contribution in [1.29, 1.82) is 0 Å². The molecule has 0 radical (unpaired) electrons. The van der Waals surface area contributed by atoms with Gasteiger partial charge in [-0.15, -0.1) is 0 Å². The van der Waals surface area contributed by atoms with Crippen LogP contribution in [-0.4, -0.2) is 57.4 Å². The van der Waals surface area contributed by atoms with E-state index in [0.717, 1.165) is 30.7 Å². The predicted octanol–water partition coefficient (Wildman–Crippen LogP) is 1.89. The molecule has 1 unspecified atom stereocenters. The van der Waals surface area contributed by atoms with Crippen molar-refractivity contribution in [3.63, 3.8) is 0 Å². The van der Waals surface area contributed by atoms with Gasteiger partial charge in [0.1, 0.15) is 5.75 Å². The fraction of sp³-hybridized carbons (Fsp3) is 0.588. The number of likely N-dealkylation sites (tertiary alicyclic amines) is 1. The molecule has 1 aromatic carbocycles. The van der Waals surface area contributed by atoms with Gasteiger partial charge in [0.2, 0.25) is 5.91 Å². The van der Waals surface area contributed by atoms with Gasteiger partial charge in [0, 0.05) is 26.6 Å². The van der Waals surface area contributed by atoms with Crippen LogP contribution in [0.3, 0.4) is 0 Å². The fourth-order valence-corrected chi connectivity index (χ4v) is 2.63. The van der Waals surface area contributed by atoms with Gasteiger partial charge in [0.25, 0.3) is 0 Å². The summed E-state index contributed by atoms with van der Waals surface area (Å²) in [6, 6.07) is 7.87. The lowest BCUT2D eigenvalue weighted by Crippen LogP contribution is -2.30. The molecule has 1 aliphatic heterocycles. The summed E-state index contributed by atoms with van der Waals surface area (Å²) < 4.78 is 15.8. The van der Waals surface area contributed by atoms with E-state index in [9.17, 15) is 4.79 Å². The summed E-state index contributed by atoms with van der Waals surface area (Å²) >= 11 is 0. The van der Waals surface area contributed by atoms with Crippen molar-refractivity contribution in [2.24, 2.45) is 0 Å². The quantitative estimate of drug-likeness (QED) is 0.688. The molecule has 0 saturated carbocycles. The van der Waals surface area contributed by atoms with Crippen molar-refractivity contribution in [1.82, 2.24) is 4.90 Å². The molecule has 1 saturated heterocycles. The largest absolute Gasteiger partial charge is 0.497 e. The van der Waals surface area contributed by atoms with Crippen LogP contribution < -0.4 is 4.74 Å². The van der Waals surface area contributed by atoms with Crippen LogP contribution in [0.4, 0.5) is 0 Å². The smallest absolute Gasteiger partial charge is 0.222 e. The van der Waals surface area contributed by atoms with Gasteiger partial charge in [-0.2, -0.15) is 0 Å². The molecule has 0 aliphatic carbocycles. The van der Waals surface area contributed by atoms with Crippen LogP contribution in [0, 0.1) is 0 Å². The van der Waals surface area contributed by atoms with E-state index in [2.05, 4.69) is 0 Å². The lowest BCUT2D eigenvalue weighted by atomic mass is 10.1. The first-order valence-electron chi connectivity index (χ1n) is 7.74. The summed E-state index contributed by atoms with van der Waals surface area (Å²) in [7, 11) is 3.31. The number of aryl methyl sites for hydroxylation is 1. The van der Waals surface area contributed by atoms with E-state index in [0.29, 0.717) is 26.2 Å². The van der Waals surface area contributed by atoms with Gasteiger partial charge in [-0.25, -0.2) is 0 Å². The van der Waals surface area contributed by atoms with E-state index in [1.54, 1.807) is 14.2 Å². The third-order valence-electron chi connectivity index (χ3n) is 3.90. The highest BCUT2D eigenvalue weighted by molar-refractivity contribution is 5.76. The van der Waals surface area contributed by atoms with Crippen molar-refractivity contribution < 1.29 is 19.0 Å². The molecule has 1 heterocycles. The maximum atomic E-state index is 12.3. The highest BCUT2D eigenvalue weighted by Crippen LogP contribution is 2.17. The average Bonchev–Trinajstić information content (AvgIpc) is 3.02. The molecule has 1 aromatic rings. The summed E-state index contributed by atoms with van der Waals surface area (Å²) in [4.78, 5) is 14.2. The zero-order chi connectivity index (χ0) is 15.8. The number of rotatable bonds is 8. The number of methoxy groups -OCH3 is 2. The Bertz CT molecular complexity index is 477. The summed E-state index contributed by atoms with van der Waals surface area (Å²) in [5.41, 5.74) is 1.12. The number of ether oxygens (including phenoxy) is 3. The second-order valence-corrected chi connectivity index (χ2v) is 5.47. The van der Waals surface area contributed by atoms with E-state index in [1.807, 2.05) is 29.2 Å². The van der Waals surface area contributed by atoms with Crippen molar-refractivity contribution >= 4 is 5.91 Å². The van der Waals surface area contributed by atoms with E-state index >= 15 is 0 Å². The minimum absolute atomic E-state index is 0.149. The van der Waals surface area contributed by atoms with Crippen LogP contribution in [0.5, 0.6) is 5.75 Å². The van der Waals surface area contributed by atoms with Crippen molar-refractivity contribution in [3.8, 4) is 5.75 Å². The number of hydrogen-bond acceptors (Lipinski definition) is 4. The van der Waals surface area contributed by atoms with E-state index in [-0.39, 0.29) is 12.0 Å². The van der Waals surface area contributed by atoms with Crippen LogP contribution in [0.15, 0.2) is 24.3 Å². The van der Waals surface area contributed by atoms with Crippen molar-refractivity contribution in [3.05, 3.63) is 29.8 Å². The Kier molecular flexibility index (Phi) is 6.68. The van der Waals surface area contributed by atoms with Crippen LogP contribution >= 0.6 is 0 Å². The van der Waals surface area contributed by atoms with E-state index < -0.39 is 0 Å². The lowest BCUT2D eigenvalue weighted by Gasteiger charge is -2.17. The first-order chi connectivity index (χ1) is 10.7. The lowest BCUT2D eigenvalue weighted by molar-refractivity contribution is -0.130. The normalized spacial score (nSPS) is 17.7. The third kappa shape index (κ3) is 5.00. The molecule has 0 spiro atoms. The molecule has 5 nitrogen and oxygen atoms in total. The zero-order valence-electron chi connectivity index (χ0n) is 13.4. The average molecular weight is 307 g/mol. The predicted molar refractivity (Wildman–Crippen MR) is 84.1 cm³/mol. The topological polar surface area (TPSA) is 48.0 Å². The Hall–Kier alpha value is -1.59. The van der Waals surface area contributed by atoms with Crippen LogP contribution in [-0.2, 0) is 20.7 Å². The molecule has 1 amide bonds. The second kappa shape index (κ2) is 8.76. The number of amides is 1. The van der Waals surface area contributed by atoms with Crippen LogP contribution in [0.1, 0.15) is 18.4 Å². The van der Waals surface area contributed by atoms with Gasteiger partial charge in [-0.1, -0.05) is 12.1 Å². The summed E-state index contributed by atoms with van der Waals surface area (Å²) in [6.07, 6.45) is 2.32. The molecule has 122 valence electrons. The minimum Gasteiger partial charge on any atom is -0.497 e. The minimum atomic E-state index is 0.149. The van der Waals surface area contributed by atoms with Gasteiger partial charge in [0.05, 0.1) is 26.4 Å². The molecule has 1 atom stereocenters. The molecule has 0 N–H and O–H groups in total. The first kappa shape index (κ1) is 16.8. The maximum Gasteiger partial charge on any atom is 0.222 e. The van der Waals surface area contributed by atoms with Crippen molar-refractivity contribution in [2.45, 2.75) is 25.4 Å². The standard InChI is InChI=1S/C17H25NO4/c1-20-10-11-22-16-8-9-18(13-16)17(19)7-6-14-4-3-5-15(12-14)21-2/h3-5,12,16H,6-11,13H2,1-2H3. The van der Waals surface area contributed by atoms with Crippen molar-refractivity contribution in [2.75, 3.05) is 40.5 Å². The van der Waals surface area contributed by atoms with Crippen LogP contribution in [0.2, 0.25) is 0 Å². The first-order valence-corrected chi connectivity index (χ1v) is 7.74. The zero-order valence-corrected chi connectivity index (χ0v) is 13.4. The monoisotopic (exact) mass is 307 g/mol. The van der Waals surface area contributed by atoms with E-state index in [1.165, 1.54) is 0 Å². The number of hydrogen-bond donors (Lipinski definition) is 0. The Morgan fingerprint density at radius 2 is 2.18 bits per heavy atom. The van der Waals surface area contributed by atoms with E-state index in [4.69, 9.17) is 14.2 Å². The molecule has 0 bridgehead atoms. The SMILES string of the molecule is COCCOC1CCN(C(=O)CCc2cccc(OC)c2)C1. The van der Waals surface area contributed by atoms with Gasteiger partial charge >= 0.3 is 0 Å². The Labute approximate surface area is 132 Å². The number of carbonyl (C=O) groups excluding carboxylic acids is 1. The molecule has 1 aliphatic rings. The molecular weight excluding hydrogens is 282 g/mol. The number of nitrogens with zero attached hydrogens (tertiary/aromatic N) is 1. The third-order valence-corrected chi connectivity index (χ3v) is 3.90. The maximum absolute atomic E-state index is 12.3. The van der Waals surface area contributed by atoms with Gasteiger partial charge in [-0.3, -0.25) is 4.79 Å². The molecule has 5 heteroatoms. The Morgan fingerprint density at radius 3 is 2.95 bits per heavy atom. The van der Waals surface area contributed by atoms with Crippen LogP contribution in [0.25, 0.3) is 0 Å². The summed E-state index contributed by atoms with van der Waals surface area (Å²) in [5, 5.41) is 0.